The van der Waals surface area contributed by atoms with Crippen LogP contribution >= 0.6 is 0 Å². The first-order chi connectivity index (χ1) is 18.7. The fourth-order valence-corrected chi connectivity index (χ4v) is 5.33. The van der Waals surface area contributed by atoms with Crippen LogP contribution < -0.4 is 5.32 Å². The van der Waals surface area contributed by atoms with Gasteiger partial charge in [-0.25, -0.2) is 4.79 Å². The summed E-state index contributed by atoms with van der Waals surface area (Å²) in [7, 11) is 0. The average molecular weight is 540 g/mol. The molecule has 0 aromatic rings. The van der Waals surface area contributed by atoms with Crippen LogP contribution in [0.25, 0.3) is 0 Å². The van der Waals surface area contributed by atoms with Crippen LogP contribution in [0, 0.1) is 0 Å². The number of aliphatic hydroxyl groups is 1. The zero-order chi connectivity index (χ0) is 27.8. The zero-order valence-electron chi connectivity index (χ0n) is 26.1. The minimum atomic E-state index is -0.308. The lowest BCUT2D eigenvalue weighted by molar-refractivity contribution is 0.0838. The van der Waals surface area contributed by atoms with Gasteiger partial charge in [0.1, 0.15) is 6.10 Å². The lowest BCUT2D eigenvalue weighted by Gasteiger charge is -2.18. The molecule has 0 aromatic carbocycles. The molecule has 1 atom stereocenters. The van der Waals surface area contributed by atoms with Gasteiger partial charge in [0.2, 0.25) is 0 Å². The summed E-state index contributed by atoms with van der Waals surface area (Å²) in [4.78, 5) is 12.2. The molecule has 1 unspecified atom stereocenters. The van der Waals surface area contributed by atoms with Crippen molar-refractivity contribution in [3.05, 3.63) is 0 Å². The van der Waals surface area contributed by atoms with E-state index in [4.69, 9.17) is 9.84 Å². The summed E-state index contributed by atoms with van der Waals surface area (Å²) < 4.78 is 5.77. The number of aliphatic hydroxyl groups excluding tert-OH is 1. The Labute approximate surface area is 238 Å². The fourth-order valence-electron chi connectivity index (χ4n) is 5.33. The van der Waals surface area contributed by atoms with Crippen LogP contribution in [0.5, 0.6) is 0 Å². The molecule has 38 heavy (non-hydrogen) atoms. The van der Waals surface area contributed by atoms with Gasteiger partial charge in [0.25, 0.3) is 0 Å². The van der Waals surface area contributed by atoms with E-state index in [1.54, 1.807) is 0 Å². The molecule has 0 aliphatic carbocycles. The van der Waals surface area contributed by atoms with Crippen molar-refractivity contribution < 1.29 is 14.6 Å². The van der Waals surface area contributed by atoms with E-state index in [1.165, 1.54) is 148 Å². The number of unbranched alkanes of at least 4 members (excludes halogenated alkanes) is 23. The van der Waals surface area contributed by atoms with Crippen molar-refractivity contribution in [1.29, 1.82) is 0 Å². The van der Waals surface area contributed by atoms with Gasteiger partial charge in [-0.1, -0.05) is 162 Å². The average Bonchev–Trinajstić information content (AvgIpc) is 2.91. The fraction of sp³-hybridized carbons (Fsp3) is 0.971. The Morgan fingerprint density at radius 2 is 0.842 bits per heavy atom. The summed E-state index contributed by atoms with van der Waals surface area (Å²) in [6.07, 6.45) is 36.2. The Morgan fingerprint density at radius 3 is 1.16 bits per heavy atom. The Balaban J connectivity index is 3.85. The molecule has 0 saturated carbocycles. The summed E-state index contributed by atoms with van der Waals surface area (Å²) in [5, 5.41) is 11.7. The highest BCUT2D eigenvalue weighted by Gasteiger charge is 2.14. The number of rotatable bonds is 31. The molecule has 0 bridgehead atoms. The van der Waals surface area contributed by atoms with Crippen LogP contribution in [-0.4, -0.2) is 30.5 Å². The van der Waals surface area contributed by atoms with Gasteiger partial charge < -0.3 is 15.2 Å². The van der Waals surface area contributed by atoms with Crippen molar-refractivity contribution in [2.24, 2.45) is 0 Å². The molecule has 0 aliphatic heterocycles. The first-order valence-corrected chi connectivity index (χ1v) is 17.3. The molecule has 0 spiro atoms. The highest BCUT2D eigenvalue weighted by Crippen LogP contribution is 2.18. The van der Waals surface area contributed by atoms with Gasteiger partial charge in [0.05, 0.1) is 0 Å². The summed E-state index contributed by atoms with van der Waals surface area (Å²) in [5.74, 6) is 0. The van der Waals surface area contributed by atoms with Crippen molar-refractivity contribution in [2.75, 3.05) is 13.2 Å². The highest BCUT2D eigenvalue weighted by molar-refractivity contribution is 5.67. The number of carbonyl (C=O) groups excluding carboxylic acids is 1. The van der Waals surface area contributed by atoms with Crippen molar-refractivity contribution in [3.63, 3.8) is 0 Å². The van der Waals surface area contributed by atoms with E-state index in [2.05, 4.69) is 19.2 Å². The van der Waals surface area contributed by atoms with Crippen molar-refractivity contribution in [2.45, 2.75) is 200 Å². The quantitative estimate of drug-likeness (QED) is 0.0861. The van der Waals surface area contributed by atoms with E-state index in [-0.39, 0.29) is 18.8 Å². The van der Waals surface area contributed by atoms with E-state index in [0.29, 0.717) is 13.0 Å². The van der Waals surface area contributed by atoms with Crippen LogP contribution in [-0.2, 0) is 4.74 Å². The van der Waals surface area contributed by atoms with Gasteiger partial charge in [-0.2, -0.15) is 0 Å². The maximum Gasteiger partial charge on any atom is 0.407 e. The lowest BCUT2D eigenvalue weighted by atomic mass is 10.0. The summed E-state index contributed by atoms with van der Waals surface area (Å²) in [6.45, 7) is 5.15. The second-order valence-electron chi connectivity index (χ2n) is 11.7. The monoisotopic (exact) mass is 540 g/mol. The second kappa shape index (κ2) is 32.4. The minimum absolute atomic E-state index is 0.0416. The van der Waals surface area contributed by atoms with Crippen LogP contribution in [0.1, 0.15) is 194 Å². The largest absolute Gasteiger partial charge is 0.446 e. The predicted molar refractivity (Wildman–Crippen MR) is 166 cm³/mol. The minimum Gasteiger partial charge on any atom is -0.446 e. The molecular weight excluding hydrogens is 470 g/mol. The molecule has 4 heteroatoms. The maximum absolute atomic E-state index is 12.2. The molecule has 228 valence electrons. The van der Waals surface area contributed by atoms with Gasteiger partial charge >= 0.3 is 6.09 Å². The maximum atomic E-state index is 12.2. The van der Waals surface area contributed by atoms with E-state index in [9.17, 15) is 4.79 Å². The Kier molecular flexibility index (Phi) is 31.8. The van der Waals surface area contributed by atoms with Gasteiger partial charge in [0.15, 0.2) is 0 Å². The van der Waals surface area contributed by atoms with Gasteiger partial charge in [-0.05, 0) is 32.1 Å². The van der Waals surface area contributed by atoms with E-state index in [1.807, 2.05) is 0 Å². The van der Waals surface area contributed by atoms with Crippen molar-refractivity contribution in [1.82, 2.24) is 5.32 Å². The normalized spacial score (nSPS) is 12.1. The number of alkyl carbamates (subject to hydrolysis) is 1. The third-order valence-corrected chi connectivity index (χ3v) is 7.89. The summed E-state index contributed by atoms with van der Waals surface area (Å²) >= 11 is 0. The Morgan fingerprint density at radius 1 is 0.526 bits per heavy atom. The SMILES string of the molecule is CCCCCCCCCCCCCCCC(CCCCCCCCCCCCCC)OC(=O)NCCCO. The van der Waals surface area contributed by atoms with Gasteiger partial charge in [0, 0.05) is 13.2 Å². The Bertz CT molecular complexity index is 457. The number of amides is 1. The topological polar surface area (TPSA) is 58.6 Å². The lowest BCUT2D eigenvalue weighted by Crippen LogP contribution is -2.30. The summed E-state index contributed by atoms with van der Waals surface area (Å²) in [6, 6.07) is 0. The molecule has 1 amide bonds. The molecule has 0 saturated heterocycles. The number of ether oxygens (including phenoxy) is 1. The van der Waals surface area contributed by atoms with E-state index in [0.717, 1.165) is 25.7 Å². The van der Waals surface area contributed by atoms with Crippen LogP contribution in [0.2, 0.25) is 0 Å². The highest BCUT2D eigenvalue weighted by atomic mass is 16.6. The number of hydrogen-bond donors (Lipinski definition) is 2. The molecule has 0 aliphatic rings. The molecule has 0 rings (SSSR count). The zero-order valence-corrected chi connectivity index (χ0v) is 26.1. The van der Waals surface area contributed by atoms with Gasteiger partial charge in [-0.3, -0.25) is 0 Å². The molecule has 0 heterocycles. The smallest absolute Gasteiger partial charge is 0.407 e. The number of nitrogens with one attached hydrogen (secondary N) is 1. The first-order valence-electron chi connectivity index (χ1n) is 17.3. The van der Waals surface area contributed by atoms with Crippen LogP contribution in [0.4, 0.5) is 4.79 Å². The molecule has 0 radical (unpaired) electrons. The molecule has 0 fully saturated rings. The van der Waals surface area contributed by atoms with Gasteiger partial charge in [-0.15, -0.1) is 0 Å². The molecule has 4 nitrogen and oxygen atoms in total. The van der Waals surface area contributed by atoms with Crippen molar-refractivity contribution in [3.8, 4) is 0 Å². The van der Waals surface area contributed by atoms with Crippen molar-refractivity contribution >= 4 is 6.09 Å². The molecule has 0 aromatic heterocycles. The van der Waals surface area contributed by atoms with Crippen LogP contribution in [0.3, 0.4) is 0 Å². The predicted octanol–water partition coefficient (Wildman–Crippen LogP) is 11.0. The van der Waals surface area contributed by atoms with Crippen LogP contribution in [0.15, 0.2) is 0 Å². The first kappa shape index (κ1) is 37.2. The Hall–Kier alpha value is -0.770. The van der Waals surface area contributed by atoms with E-state index >= 15 is 0 Å². The number of hydrogen-bond acceptors (Lipinski definition) is 3. The second-order valence-corrected chi connectivity index (χ2v) is 11.7. The summed E-state index contributed by atoms with van der Waals surface area (Å²) in [5.41, 5.74) is 0. The van der Waals surface area contributed by atoms with E-state index < -0.39 is 0 Å². The molecule has 2 N–H and O–H groups in total. The standard InChI is InChI=1S/C34H69NO3/c1-3-5-7-9-11-13-15-17-19-21-23-25-27-30-33(38-34(37)35-31-28-32-36)29-26-24-22-20-18-16-14-12-10-8-6-4-2/h33,36H,3-32H2,1-2H3,(H,35,37). The molecular formula is C34H69NO3. The third kappa shape index (κ3) is 29.8. The third-order valence-electron chi connectivity index (χ3n) is 7.89. The number of carbonyl (C=O) groups is 1.